The molecule has 8 nitrogen and oxygen atoms in total. The lowest BCUT2D eigenvalue weighted by atomic mass is 9.86. The minimum absolute atomic E-state index is 0.296. The summed E-state index contributed by atoms with van der Waals surface area (Å²) in [6.45, 7) is 7.63. The fourth-order valence-electron chi connectivity index (χ4n) is 6.45. The third-order valence-corrected chi connectivity index (χ3v) is 9.85. The Kier molecular flexibility index (Phi) is 9.11. The maximum atomic E-state index is 13.8. The average Bonchev–Trinajstić information content (AvgIpc) is 3.56. The minimum Gasteiger partial charge on any atom is -0.496 e. The third-order valence-electron chi connectivity index (χ3n) is 8.82. The van der Waals surface area contributed by atoms with Gasteiger partial charge < -0.3 is 19.1 Å². The van der Waals surface area contributed by atoms with Crippen molar-refractivity contribution >= 4 is 39.2 Å². The molecule has 9 heteroatoms. The molecule has 2 aromatic carbocycles. The van der Waals surface area contributed by atoms with Gasteiger partial charge in [-0.05, 0) is 86.9 Å². The van der Waals surface area contributed by atoms with E-state index in [1.54, 1.807) is 24.9 Å². The number of rotatable bonds is 10. The summed E-state index contributed by atoms with van der Waals surface area (Å²) in [5.41, 5.74) is 6.67. The lowest BCUT2D eigenvalue weighted by Crippen LogP contribution is -2.20. The quantitative estimate of drug-likeness (QED) is 0.191. The summed E-state index contributed by atoms with van der Waals surface area (Å²) < 4.78 is 13.0. The number of nitrogens with zero attached hydrogens (tertiary/aromatic N) is 2. The van der Waals surface area contributed by atoms with Gasteiger partial charge in [0.1, 0.15) is 23.7 Å². The molecule has 2 heterocycles. The van der Waals surface area contributed by atoms with Gasteiger partial charge in [0.25, 0.3) is 5.91 Å². The SMILES string of the molecule is COc1cc(-c2nc(NC(=O)c3cc4c(C)c(C)cc(C)c4n3CC(=O)O)sc2CCC2CCCCC2)c(OC)cc1C. The number of methoxy groups -OCH3 is 2. The molecule has 0 bridgehead atoms. The number of anilines is 1. The molecule has 0 aliphatic heterocycles. The van der Waals surface area contributed by atoms with E-state index in [-0.39, 0.29) is 12.5 Å². The predicted octanol–water partition coefficient (Wildman–Crippen LogP) is 7.87. The second kappa shape index (κ2) is 12.8. The van der Waals surface area contributed by atoms with Gasteiger partial charge in [0, 0.05) is 15.8 Å². The highest BCUT2D eigenvalue weighted by molar-refractivity contribution is 7.16. The largest absolute Gasteiger partial charge is 0.496 e. The first kappa shape index (κ1) is 30.6. The molecule has 1 saturated carbocycles. The number of amides is 1. The lowest BCUT2D eigenvalue weighted by Gasteiger charge is -2.21. The number of carbonyl (C=O) groups excluding carboxylic acids is 1. The predicted molar refractivity (Wildman–Crippen MR) is 172 cm³/mol. The Hall–Kier alpha value is -3.85. The van der Waals surface area contributed by atoms with Gasteiger partial charge in [0.05, 0.1) is 25.4 Å². The van der Waals surface area contributed by atoms with Crippen LogP contribution in [0.3, 0.4) is 0 Å². The van der Waals surface area contributed by atoms with Crippen molar-refractivity contribution in [1.29, 1.82) is 0 Å². The van der Waals surface area contributed by atoms with Gasteiger partial charge in [-0.1, -0.05) is 38.2 Å². The molecular weight excluding hydrogens is 562 g/mol. The van der Waals surface area contributed by atoms with Crippen molar-refractivity contribution in [2.75, 3.05) is 19.5 Å². The Bertz CT molecular complexity index is 1680. The van der Waals surface area contributed by atoms with Crippen molar-refractivity contribution in [3.05, 3.63) is 57.1 Å². The number of carboxylic acids is 1. The lowest BCUT2D eigenvalue weighted by molar-refractivity contribution is -0.137. The Labute approximate surface area is 257 Å². The molecule has 1 fully saturated rings. The van der Waals surface area contributed by atoms with Crippen LogP contribution in [0.4, 0.5) is 5.13 Å². The standard InChI is InChI=1S/C34H41N3O5S/c1-19-14-21(3)32-24(22(19)4)16-26(37(32)18-30(38)39)33(40)36-34-35-31(25-17-27(41-5)20(2)15-28(25)42-6)29(43-34)13-12-23-10-8-7-9-11-23/h14-17,23H,7-13,18H2,1-6H3,(H,38,39)(H,35,36,40). The van der Waals surface area contributed by atoms with Crippen molar-refractivity contribution in [3.63, 3.8) is 0 Å². The number of aliphatic carboxylic acids is 1. The van der Waals surface area contributed by atoms with E-state index in [1.807, 2.05) is 45.9 Å². The molecule has 4 aromatic rings. The maximum Gasteiger partial charge on any atom is 0.323 e. The number of thiazole rings is 1. The first-order chi connectivity index (χ1) is 20.6. The van der Waals surface area contributed by atoms with Gasteiger partial charge in [0.15, 0.2) is 5.13 Å². The van der Waals surface area contributed by atoms with E-state index in [0.717, 1.165) is 67.9 Å². The van der Waals surface area contributed by atoms with Gasteiger partial charge in [-0.2, -0.15) is 0 Å². The summed E-state index contributed by atoms with van der Waals surface area (Å²) in [7, 11) is 3.30. The van der Waals surface area contributed by atoms with Crippen molar-refractivity contribution in [2.45, 2.75) is 79.2 Å². The average molecular weight is 604 g/mol. The van der Waals surface area contributed by atoms with Crippen LogP contribution in [0.5, 0.6) is 11.5 Å². The zero-order valence-electron chi connectivity index (χ0n) is 25.9. The molecule has 0 atom stereocenters. The first-order valence-electron chi connectivity index (χ1n) is 15.0. The highest BCUT2D eigenvalue weighted by atomic mass is 32.1. The van der Waals surface area contributed by atoms with Crippen LogP contribution in [-0.2, 0) is 17.8 Å². The highest BCUT2D eigenvalue weighted by Gasteiger charge is 2.25. The second-order valence-electron chi connectivity index (χ2n) is 11.7. The zero-order valence-corrected chi connectivity index (χ0v) is 26.7. The zero-order chi connectivity index (χ0) is 30.8. The van der Waals surface area contributed by atoms with Gasteiger partial charge in [-0.25, -0.2) is 4.98 Å². The molecular formula is C34H41N3O5S. The van der Waals surface area contributed by atoms with E-state index < -0.39 is 5.97 Å². The van der Waals surface area contributed by atoms with Crippen LogP contribution in [0.2, 0.25) is 0 Å². The summed E-state index contributed by atoms with van der Waals surface area (Å²) in [6.07, 6.45) is 8.32. The molecule has 5 rings (SSSR count). The summed E-state index contributed by atoms with van der Waals surface area (Å²) in [5.74, 6) is 0.737. The van der Waals surface area contributed by atoms with Crippen LogP contribution in [-0.4, -0.2) is 40.8 Å². The number of benzene rings is 2. The molecule has 0 radical (unpaired) electrons. The van der Waals surface area contributed by atoms with Gasteiger partial charge in [-0.3, -0.25) is 14.9 Å². The summed E-state index contributed by atoms with van der Waals surface area (Å²) >= 11 is 1.47. The summed E-state index contributed by atoms with van der Waals surface area (Å²) in [6, 6.07) is 7.74. The molecule has 0 saturated heterocycles. The topological polar surface area (TPSA) is 103 Å². The van der Waals surface area contributed by atoms with Crippen molar-refractivity contribution in [2.24, 2.45) is 5.92 Å². The van der Waals surface area contributed by atoms with Crippen LogP contribution >= 0.6 is 11.3 Å². The highest BCUT2D eigenvalue weighted by Crippen LogP contribution is 2.41. The summed E-state index contributed by atoms with van der Waals surface area (Å²) in [4.78, 5) is 31.7. The van der Waals surface area contributed by atoms with Crippen LogP contribution in [0.1, 0.15) is 76.1 Å². The fourth-order valence-corrected chi connectivity index (χ4v) is 7.44. The fraction of sp³-hybridized carbons (Fsp3) is 0.441. The van der Waals surface area contributed by atoms with E-state index in [1.165, 1.54) is 43.4 Å². The number of aromatic nitrogens is 2. The molecule has 1 amide bonds. The van der Waals surface area contributed by atoms with Gasteiger partial charge in [-0.15, -0.1) is 11.3 Å². The molecule has 228 valence electrons. The van der Waals surface area contributed by atoms with Crippen LogP contribution in [0.15, 0.2) is 24.3 Å². The number of carboxylic acid groups (broad SMARTS) is 1. The third kappa shape index (κ3) is 6.27. The van der Waals surface area contributed by atoms with E-state index >= 15 is 0 Å². The molecule has 0 unspecified atom stereocenters. The van der Waals surface area contributed by atoms with Gasteiger partial charge in [0.2, 0.25) is 0 Å². The van der Waals surface area contributed by atoms with E-state index in [0.29, 0.717) is 22.5 Å². The second-order valence-corrected chi connectivity index (χ2v) is 12.8. The van der Waals surface area contributed by atoms with Crippen LogP contribution in [0, 0.1) is 33.6 Å². The molecule has 2 aromatic heterocycles. The minimum atomic E-state index is -1.01. The number of fused-ring (bicyclic) bond motifs is 1. The number of hydrogen-bond acceptors (Lipinski definition) is 6. The monoisotopic (exact) mass is 603 g/mol. The molecule has 1 aliphatic rings. The van der Waals surface area contributed by atoms with Gasteiger partial charge >= 0.3 is 5.97 Å². The van der Waals surface area contributed by atoms with Crippen molar-refractivity contribution in [3.8, 4) is 22.8 Å². The molecule has 0 spiro atoms. The summed E-state index contributed by atoms with van der Waals surface area (Å²) in [5, 5.41) is 14.1. The van der Waals surface area contributed by atoms with E-state index in [2.05, 4.69) is 5.32 Å². The number of aryl methyl sites for hydroxylation is 5. The Morgan fingerprint density at radius 2 is 1.70 bits per heavy atom. The Morgan fingerprint density at radius 1 is 0.977 bits per heavy atom. The number of carbonyl (C=O) groups is 2. The van der Waals surface area contributed by atoms with Crippen LogP contribution in [0.25, 0.3) is 22.2 Å². The molecule has 1 aliphatic carbocycles. The van der Waals surface area contributed by atoms with E-state index in [9.17, 15) is 14.7 Å². The number of hydrogen-bond donors (Lipinski definition) is 2. The normalized spacial score (nSPS) is 13.8. The molecule has 43 heavy (non-hydrogen) atoms. The number of nitrogens with one attached hydrogen (secondary N) is 1. The first-order valence-corrected chi connectivity index (χ1v) is 15.8. The smallest absolute Gasteiger partial charge is 0.323 e. The van der Waals surface area contributed by atoms with Crippen molar-refractivity contribution in [1.82, 2.24) is 9.55 Å². The maximum absolute atomic E-state index is 13.8. The van der Waals surface area contributed by atoms with Crippen molar-refractivity contribution < 1.29 is 24.2 Å². The molecule has 2 N–H and O–H groups in total. The van der Waals surface area contributed by atoms with Crippen LogP contribution < -0.4 is 14.8 Å². The van der Waals surface area contributed by atoms with E-state index in [4.69, 9.17) is 14.5 Å². The Morgan fingerprint density at radius 3 is 2.37 bits per heavy atom. The Balaban J connectivity index is 1.55. The number of ether oxygens (including phenoxy) is 2.